The van der Waals surface area contributed by atoms with Crippen molar-refractivity contribution in [1.29, 1.82) is 0 Å². The van der Waals surface area contributed by atoms with E-state index in [-0.39, 0.29) is 57.0 Å². The number of fused-ring (bicyclic) bond motifs is 4. The minimum Gasteiger partial charge on any atom is -0.390 e. The molecule has 3 N–H and O–H groups in total. The Morgan fingerprint density at radius 1 is 1.08 bits per heavy atom. The van der Waals surface area contributed by atoms with Gasteiger partial charge in [0.1, 0.15) is 6.10 Å². The standard InChI is InChI=1S/C41H62N2O7/c1-24-20-26(34(45)37(4,5)47)49-33-32(24)38(6)14-15-41-23-40(41)13-10-29(36(2,3)27(40)8-9-28(41)39(38,7)35(33)46)50-31-22-43(18-19-48-31)30(44)21-25-11-16-42-17-12-25/h11-12,16-17,24,26-29,31-35,45-47H,8-10,13-15,18-23H2,1-7H3/t24-,26-,27+,28+,29?,31?,32?,33+,34+,35+,38-,39-,40?,41+/m1/s1. The number of aliphatic hydroxyl groups excluding tert-OH is 2. The maximum Gasteiger partial charge on any atom is 0.227 e. The number of morpholine rings is 1. The molecule has 9 heteroatoms. The molecule has 2 aliphatic heterocycles. The Labute approximate surface area is 298 Å². The third-order valence-corrected chi connectivity index (χ3v) is 16.6. The summed E-state index contributed by atoms with van der Waals surface area (Å²) in [5.41, 5.74) is -0.170. The molecule has 3 heterocycles. The molecule has 5 saturated carbocycles. The molecule has 0 aromatic carbocycles. The Bertz CT molecular complexity index is 1470. The summed E-state index contributed by atoms with van der Waals surface area (Å²) in [5, 5.41) is 34.2. The number of aromatic nitrogens is 1. The van der Waals surface area contributed by atoms with Gasteiger partial charge in [0, 0.05) is 24.4 Å². The number of hydrogen-bond acceptors (Lipinski definition) is 8. The first-order valence-electron chi connectivity index (χ1n) is 19.7. The first-order valence-corrected chi connectivity index (χ1v) is 19.7. The zero-order valence-corrected chi connectivity index (χ0v) is 31.4. The van der Waals surface area contributed by atoms with Crippen molar-refractivity contribution in [1.82, 2.24) is 9.88 Å². The Morgan fingerprint density at radius 2 is 1.78 bits per heavy atom. The number of nitrogens with zero attached hydrogens (tertiary/aromatic N) is 2. The summed E-state index contributed by atoms with van der Waals surface area (Å²) in [6.45, 7) is 16.8. The number of pyridine rings is 1. The molecule has 1 aromatic rings. The van der Waals surface area contributed by atoms with Gasteiger partial charge < -0.3 is 34.4 Å². The van der Waals surface area contributed by atoms with Gasteiger partial charge in [-0.3, -0.25) is 9.78 Å². The molecule has 278 valence electrons. The highest BCUT2D eigenvalue weighted by Gasteiger charge is 2.84. The lowest BCUT2D eigenvalue weighted by atomic mass is 9.41. The highest BCUT2D eigenvalue weighted by atomic mass is 16.7. The second kappa shape index (κ2) is 11.7. The van der Waals surface area contributed by atoms with E-state index in [1.54, 1.807) is 26.2 Å². The fraction of sp³-hybridized carbons (Fsp3) is 0.854. The van der Waals surface area contributed by atoms with Gasteiger partial charge in [0.15, 0.2) is 6.29 Å². The topological polar surface area (TPSA) is 122 Å². The van der Waals surface area contributed by atoms with Crippen LogP contribution in [0.4, 0.5) is 0 Å². The van der Waals surface area contributed by atoms with Crippen LogP contribution in [0.15, 0.2) is 24.5 Å². The highest BCUT2D eigenvalue weighted by molar-refractivity contribution is 5.78. The van der Waals surface area contributed by atoms with Gasteiger partial charge >= 0.3 is 0 Å². The molecule has 1 aromatic heterocycles. The predicted molar refractivity (Wildman–Crippen MR) is 188 cm³/mol. The molecule has 2 spiro atoms. The van der Waals surface area contributed by atoms with Crippen LogP contribution >= 0.6 is 0 Å². The van der Waals surface area contributed by atoms with Crippen LogP contribution < -0.4 is 0 Å². The minimum atomic E-state index is -1.26. The first-order chi connectivity index (χ1) is 23.5. The average Bonchev–Trinajstić information content (AvgIpc) is 3.70. The number of aliphatic hydroxyl groups is 3. The van der Waals surface area contributed by atoms with Crippen molar-refractivity contribution >= 4 is 5.91 Å². The van der Waals surface area contributed by atoms with E-state index >= 15 is 0 Å². The minimum absolute atomic E-state index is 0.0403. The number of carbonyl (C=O) groups is 1. The van der Waals surface area contributed by atoms with Crippen molar-refractivity contribution in [2.24, 2.45) is 50.7 Å². The van der Waals surface area contributed by atoms with Crippen molar-refractivity contribution in [2.45, 2.75) is 149 Å². The Balaban J connectivity index is 0.985. The predicted octanol–water partition coefficient (Wildman–Crippen LogP) is 5.14. The molecule has 1 amide bonds. The molecule has 7 fully saturated rings. The van der Waals surface area contributed by atoms with Crippen LogP contribution in [0.2, 0.25) is 0 Å². The van der Waals surface area contributed by atoms with Crippen molar-refractivity contribution in [3.05, 3.63) is 30.1 Å². The van der Waals surface area contributed by atoms with Crippen LogP contribution in [0, 0.1) is 50.7 Å². The molecule has 7 aliphatic rings. The summed E-state index contributed by atoms with van der Waals surface area (Å²) >= 11 is 0. The second-order valence-electron chi connectivity index (χ2n) is 19.5. The van der Waals surface area contributed by atoms with Crippen molar-refractivity contribution in [3.63, 3.8) is 0 Å². The average molecular weight is 695 g/mol. The number of rotatable bonds is 6. The third kappa shape index (κ3) is 4.85. The summed E-state index contributed by atoms with van der Waals surface area (Å²) in [6.07, 6.45) is 9.66. The quantitative estimate of drug-likeness (QED) is 0.375. The van der Waals surface area contributed by atoms with Gasteiger partial charge in [0.05, 0.1) is 49.6 Å². The summed E-state index contributed by atoms with van der Waals surface area (Å²) in [4.78, 5) is 19.2. The summed E-state index contributed by atoms with van der Waals surface area (Å²) in [7, 11) is 0. The molecule has 9 nitrogen and oxygen atoms in total. The lowest BCUT2D eigenvalue weighted by Crippen LogP contribution is -2.60. The molecule has 0 bridgehead atoms. The molecule has 14 atom stereocenters. The van der Waals surface area contributed by atoms with Crippen LogP contribution in [0.3, 0.4) is 0 Å². The second-order valence-corrected chi connectivity index (χ2v) is 19.5. The van der Waals surface area contributed by atoms with Gasteiger partial charge in [-0.15, -0.1) is 0 Å². The van der Waals surface area contributed by atoms with Gasteiger partial charge in [0.2, 0.25) is 5.91 Å². The summed E-state index contributed by atoms with van der Waals surface area (Å²) in [6, 6.07) is 3.79. The third-order valence-electron chi connectivity index (χ3n) is 16.6. The van der Waals surface area contributed by atoms with Crippen molar-refractivity contribution in [3.8, 4) is 0 Å². The lowest BCUT2D eigenvalue weighted by molar-refractivity contribution is -0.248. The van der Waals surface area contributed by atoms with E-state index in [1.165, 1.54) is 12.8 Å². The summed E-state index contributed by atoms with van der Waals surface area (Å²) < 4.78 is 19.7. The highest BCUT2D eigenvalue weighted by Crippen LogP contribution is 2.89. The van der Waals surface area contributed by atoms with Gasteiger partial charge in [0.25, 0.3) is 0 Å². The molecule has 2 saturated heterocycles. The van der Waals surface area contributed by atoms with Crippen LogP contribution in [0.1, 0.15) is 105 Å². The molecule has 4 unspecified atom stereocenters. The van der Waals surface area contributed by atoms with Gasteiger partial charge in [-0.2, -0.15) is 0 Å². The molecule has 50 heavy (non-hydrogen) atoms. The van der Waals surface area contributed by atoms with Gasteiger partial charge in [-0.1, -0.05) is 34.6 Å². The largest absolute Gasteiger partial charge is 0.390 e. The normalized spacial score (nSPS) is 48.4. The molecule has 8 rings (SSSR count). The first kappa shape index (κ1) is 35.4. The van der Waals surface area contributed by atoms with E-state index < -0.39 is 30.2 Å². The maximum atomic E-state index is 13.2. The maximum absolute atomic E-state index is 13.2. The van der Waals surface area contributed by atoms with E-state index in [0.717, 1.165) is 37.7 Å². The van der Waals surface area contributed by atoms with E-state index in [4.69, 9.17) is 14.2 Å². The zero-order valence-electron chi connectivity index (χ0n) is 31.4. The molecule has 5 aliphatic carbocycles. The van der Waals surface area contributed by atoms with E-state index in [0.29, 0.717) is 44.4 Å². The smallest absolute Gasteiger partial charge is 0.227 e. The van der Waals surface area contributed by atoms with E-state index in [1.807, 2.05) is 17.0 Å². The van der Waals surface area contributed by atoms with E-state index in [9.17, 15) is 20.1 Å². The van der Waals surface area contributed by atoms with Gasteiger partial charge in [-0.05, 0) is 128 Å². The number of ether oxygens (including phenoxy) is 3. The van der Waals surface area contributed by atoms with Crippen LogP contribution in [0.5, 0.6) is 0 Å². The Kier molecular flexibility index (Phi) is 8.28. The number of carbonyl (C=O) groups excluding carboxylic acids is 1. The van der Waals surface area contributed by atoms with Crippen LogP contribution in [0.25, 0.3) is 0 Å². The fourth-order valence-electron chi connectivity index (χ4n) is 14.1. The number of hydrogen-bond donors (Lipinski definition) is 3. The van der Waals surface area contributed by atoms with Crippen molar-refractivity contribution in [2.75, 3.05) is 19.7 Å². The number of amides is 1. The molecular weight excluding hydrogens is 632 g/mol. The Morgan fingerprint density at radius 3 is 2.50 bits per heavy atom. The summed E-state index contributed by atoms with van der Waals surface area (Å²) in [5.74, 6) is 1.57. The van der Waals surface area contributed by atoms with Crippen molar-refractivity contribution < 1.29 is 34.3 Å². The lowest BCUT2D eigenvalue weighted by Gasteiger charge is -2.64. The zero-order chi connectivity index (χ0) is 35.6. The SMILES string of the molecule is C[C@@H]1C[C@H]([C@H](O)C(C)(C)O)O[C@H]2C1[C@@]1(C)CC[C@@]34CC35CCC(OC3CN(C(=O)Cc6ccncc6)CCO3)C(C)(C)[C@@H]5CC[C@H]4[C@]1(C)[C@H]2O. The van der Waals surface area contributed by atoms with E-state index in [2.05, 4.69) is 39.6 Å². The molecule has 0 radical (unpaired) electrons. The van der Waals surface area contributed by atoms with Crippen LogP contribution in [-0.4, -0.2) is 93.2 Å². The fourth-order valence-corrected chi connectivity index (χ4v) is 14.1. The van der Waals surface area contributed by atoms with Crippen LogP contribution in [-0.2, 0) is 25.4 Å². The molecular formula is C41H62N2O7. The van der Waals surface area contributed by atoms with Gasteiger partial charge in [-0.25, -0.2) is 0 Å². The Hall–Kier alpha value is -1.62. The monoisotopic (exact) mass is 694 g/mol.